The molecule has 0 aromatic heterocycles. The molecular formula is C26H32O6. The fraction of sp³-hybridized carbons (Fsp3) is 0.538. The van der Waals surface area contributed by atoms with Crippen LogP contribution in [0.25, 0.3) is 0 Å². The van der Waals surface area contributed by atoms with Crippen LogP contribution in [0.4, 0.5) is 0 Å². The molecule has 0 N–H and O–H groups in total. The van der Waals surface area contributed by atoms with Crippen LogP contribution < -0.4 is 0 Å². The van der Waals surface area contributed by atoms with Gasteiger partial charge in [-0.3, -0.25) is 0 Å². The highest BCUT2D eigenvalue weighted by Crippen LogP contribution is 2.42. The zero-order chi connectivity index (χ0) is 22.0. The summed E-state index contributed by atoms with van der Waals surface area (Å²) in [5.41, 5.74) is 2.28. The molecular weight excluding hydrogens is 408 g/mol. The summed E-state index contributed by atoms with van der Waals surface area (Å²) in [6, 6.07) is 20.4. The van der Waals surface area contributed by atoms with Crippen molar-refractivity contribution < 1.29 is 28.4 Å². The first kappa shape index (κ1) is 22.0. The largest absolute Gasteiger partial charge is 0.374 e. The Labute approximate surface area is 189 Å². The molecule has 0 saturated carbocycles. The standard InChI is InChI=1S/C26H32O6/c1-26(2)31-24-23(28-16-19-11-7-4-8-12-19)22(30-25(24)32-26)21-14-13-20(29-21)17-27-15-18-9-5-3-6-10-18/h3-12,20-25H,13-17H2,1-2H3/t20-,21-,22+,23-,24+,25+/m0/s1. The third kappa shape index (κ3) is 5.06. The number of hydrogen-bond donors (Lipinski definition) is 0. The molecule has 3 saturated heterocycles. The van der Waals surface area contributed by atoms with E-state index in [0.717, 1.165) is 18.4 Å². The van der Waals surface area contributed by atoms with Crippen LogP contribution in [0.5, 0.6) is 0 Å². The summed E-state index contributed by atoms with van der Waals surface area (Å²) in [6.45, 7) is 5.47. The number of fused-ring (bicyclic) bond motifs is 1. The number of rotatable bonds is 8. The van der Waals surface area contributed by atoms with Crippen molar-refractivity contribution in [3.8, 4) is 0 Å². The summed E-state index contributed by atoms with van der Waals surface area (Å²) >= 11 is 0. The van der Waals surface area contributed by atoms with Gasteiger partial charge in [0.05, 0.1) is 32.0 Å². The van der Waals surface area contributed by atoms with Crippen molar-refractivity contribution in [1.82, 2.24) is 0 Å². The molecule has 0 amide bonds. The van der Waals surface area contributed by atoms with Crippen LogP contribution in [0.15, 0.2) is 60.7 Å². The molecule has 0 unspecified atom stereocenters. The van der Waals surface area contributed by atoms with E-state index in [4.69, 9.17) is 28.4 Å². The molecule has 3 heterocycles. The molecule has 0 aliphatic carbocycles. The Balaban J connectivity index is 1.18. The monoisotopic (exact) mass is 440 g/mol. The Morgan fingerprint density at radius 2 is 1.50 bits per heavy atom. The van der Waals surface area contributed by atoms with Crippen LogP contribution in [0.3, 0.4) is 0 Å². The molecule has 2 aromatic rings. The van der Waals surface area contributed by atoms with Gasteiger partial charge in [0.15, 0.2) is 12.1 Å². The lowest BCUT2D eigenvalue weighted by atomic mass is 10.0. The van der Waals surface area contributed by atoms with Crippen molar-refractivity contribution in [2.75, 3.05) is 6.61 Å². The Morgan fingerprint density at radius 1 is 0.812 bits per heavy atom. The lowest BCUT2D eigenvalue weighted by molar-refractivity contribution is -0.233. The molecule has 172 valence electrons. The molecule has 6 nitrogen and oxygen atoms in total. The second-order valence-corrected chi connectivity index (χ2v) is 9.21. The first-order valence-electron chi connectivity index (χ1n) is 11.5. The van der Waals surface area contributed by atoms with Crippen molar-refractivity contribution in [1.29, 1.82) is 0 Å². The van der Waals surface area contributed by atoms with Gasteiger partial charge >= 0.3 is 0 Å². The second-order valence-electron chi connectivity index (χ2n) is 9.21. The maximum absolute atomic E-state index is 6.35. The van der Waals surface area contributed by atoms with E-state index in [-0.39, 0.29) is 30.5 Å². The second kappa shape index (κ2) is 9.59. The van der Waals surface area contributed by atoms with Crippen LogP contribution >= 0.6 is 0 Å². The van der Waals surface area contributed by atoms with Crippen molar-refractivity contribution >= 4 is 0 Å². The van der Waals surface area contributed by atoms with Gasteiger partial charge < -0.3 is 28.4 Å². The normalized spacial score (nSPS) is 33.4. The molecule has 0 radical (unpaired) electrons. The first-order valence-corrected chi connectivity index (χ1v) is 11.5. The van der Waals surface area contributed by atoms with Gasteiger partial charge in [-0.15, -0.1) is 0 Å². The van der Waals surface area contributed by atoms with E-state index in [9.17, 15) is 0 Å². The summed E-state index contributed by atoms with van der Waals surface area (Å²) in [7, 11) is 0. The molecule has 6 heteroatoms. The van der Waals surface area contributed by atoms with Gasteiger partial charge in [-0.05, 0) is 37.8 Å². The zero-order valence-corrected chi connectivity index (χ0v) is 18.7. The van der Waals surface area contributed by atoms with Gasteiger partial charge in [-0.2, -0.15) is 0 Å². The number of benzene rings is 2. The average molecular weight is 441 g/mol. The Hall–Kier alpha value is -1.80. The van der Waals surface area contributed by atoms with Crippen molar-refractivity contribution in [3.05, 3.63) is 71.8 Å². The Bertz CT molecular complexity index is 857. The molecule has 6 atom stereocenters. The van der Waals surface area contributed by atoms with Gasteiger partial charge in [-0.1, -0.05) is 60.7 Å². The average Bonchev–Trinajstić information content (AvgIpc) is 3.46. The molecule has 5 rings (SSSR count). The molecule has 32 heavy (non-hydrogen) atoms. The lowest BCUT2D eigenvalue weighted by Gasteiger charge is -2.29. The number of ether oxygens (including phenoxy) is 6. The van der Waals surface area contributed by atoms with E-state index >= 15 is 0 Å². The maximum Gasteiger partial charge on any atom is 0.190 e. The highest BCUT2D eigenvalue weighted by Gasteiger charge is 2.58. The van der Waals surface area contributed by atoms with Crippen LogP contribution in [-0.2, 0) is 41.6 Å². The summed E-state index contributed by atoms with van der Waals surface area (Å²) in [5.74, 6) is -0.682. The lowest BCUT2D eigenvalue weighted by Crippen LogP contribution is -2.42. The SMILES string of the molecule is CC1(C)O[C@H]2O[C@H]([C@@H]3CC[C@@H](COCc4ccccc4)O3)[C@H](OCc3ccccc3)[C@H]2O1. The maximum atomic E-state index is 6.35. The van der Waals surface area contributed by atoms with Gasteiger partial charge in [0.25, 0.3) is 0 Å². The van der Waals surface area contributed by atoms with Crippen molar-refractivity contribution in [2.45, 2.75) is 82.5 Å². The van der Waals surface area contributed by atoms with E-state index in [1.165, 1.54) is 5.56 Å². The fourth-order valence-electron chi connectivity index (χ4n) is 4.74. The molecule has 3 aliphatic rings. The minimum absolute atomic E-state index is 0.0563. The van der Waals surface area contributed by atoms with Gasteiger partial charge in [0.2, 0.25) is 0 Å². The third-order valence-corrected chi connectivity index (χ3v) is 6.23. The van der Waals surface area contributed by atoms with E-state index in [0.29, 0.717) is 19.8 Å². The third-order valence-electron chi connectivity index (χ3n) is 6.23. The van der Waals surface area contributed by atoms with Crippen LogP contribution in [0, 0.1) is 0 Å². The molecule has 3 fully saturated rings. The minimum atomic E-state index is -0.682. The smallest absolute Gasteiger partial charge is 0.190 e. The topological polar surface area (TPSA) is 55.4 Å². The highest BCUT2D eigenvalue weighted by molar-refractivity contribution is 5.14. The van der Waals surface area contributed by atoms with Crippen molar-refractivity contribution in [2.24, 2.45) is 0 Å². The number of hydrogen-bond acceptors (Lipinski definition) is 6. The molecule has 2 aromatic carbocycles. The predicted molar refractivity (Wildman–Crippen MR) is 118 cm³/mol. The minimum Gasteiger partial charge on any atom is -0.374 e. The van der Waals surface area contributed by atoms with Gasteiger partial charge in [0.1, 0.15) is 18.3 Å². The van der Waals surface area contributed by atoms with Crippen LogP contribution in [-0.4, -0.2) is 49.2 Å². The molecule has 0 spiro atoms. The van der Waals surface area contributed by atoms with E-state index < -0.39 is 12.1 Å². The van der Waals surface area contributed by atoms with E-state index in [1.54, 1.807) is 0 Å². The zero-order valence-electron chi connectivity index (χ0n) is 18.7. The summed E-state index contributed by atoms with van der Waals surface area (Å²) < 4.78 is 37.0. The van der Waals surface area contributed by atoms with Gasteiger partial charge in [0, 0.05) is 0 Å². The van der Waals surface area contributed by atoms with Gasteiger partial charge in [-0.25, -0.2) is 0 Å². The van der Waals surface area contributed by atoms with E-state index in [2.05, 4.69) is 24.3 Å². The quantitative estimate of drug-likeness (QED) is 0.613. The van der Waals surface area contributed by atoms with Crippen LogP contribution in [0.1, 0.15) is 37.8 Å². The van der Waals surface area contributed by atoms with E-state index in [1.807, 2.05) is 50.2 Å². The predicted octanol–water partition coefficient (Wildman–Crippen LogP) is 4.21. The Morgan fingerprint density at radius 3 is 2.22 bits per heavy atom. The highest BCUT2D eigenvalue weighted by atomic mass is 16.8. The summed E-state index contributed by atoms with van der Waals surface area (Å²) in [4.78, 5) is 0. The summed E-state index contributed by atoms with van der Waals surface area (Å²) in [5, 5.41) is 0. The fourth-order valence-corrected chi connectivity index (χ4v) is 4.74. The van der Waals surface area contributed by atoms with Crippen molar-refractivity contribution in [3.63, 3.8) is 0 Å². The summed E-state index contributed by atoms with van der Waals surface area (Å²) in [6.07, 6.45) is 0.636. The first-order chi connectivity index (χ1) is 15.6. The Kier molecular flexibility index (Phi) is 6.60. The van der Waals surface area contributed by atoms with Crippen LogP contribution in [0.2, 0.25) is 0 Å². The molecule has 3 aliphatic heterocycles. The molecule has 0 bridgehead atoms.